The Hall–Kier alpha value is -3.47. The molecule has 0 saturated carbocycles. The minimum Gasteiger partial charge on any atom is -0.465 e. The number of aliphatic hydroxyl groups excluding tert-OH is 1. The number of likely N-dealkylation sites (tertiary alicyclic amines) is 1. The lowest BCUT2D eigenvalue weighted by molar-refractivity contribution is -0.142. The predicted octanol–water partition coefficient (Wildman–Crippen LogP) is 1.54. The number of aliphatic hydroxyl groups is 1. The molecule has 15 heteroatoms. The fourth-order valence-electron chi connectivity index (χ4n) is 4.93. The Morgan fingerprint density at radius 1 is 1.04 bits per heavy atom. The summed E-state index contributed by atoms with van der Waals surface area (Å²) >= 11 is 1.58. The second kappa shape index (κ2) is 18.0. The van der Waals surface area contributed by atoms with Gasteiger partial charge in [0.15, 0.2) is 0 Å². The van der Waals surface area contributed by atoms with E-state index in [-0.39, 0.29) is 51.2 Å². The third-order valence-electron chi connectivity index (χ3n) is 7.22. The van der Waals surface area contributed by atoms with Crippen LogP contribution in [0.1, 0.15) is 38.4 Å². The lowest BCUT2D eigenvalue weighted by Crippen LogP contribution is -2.57. The summed E-state index contributed by atoms with van der Waals surface area (Å²) in [6.45, 7) is 9.36. The van der Waals surface area contributed by atoms with Crippen LogP contribution in [0.4, 0.5) is 4.79 Å². The number of rotatable bonds is 17. The van der Waals surface area contributed by atoms with Crippen LogP contribution in [-0.2, 0) is 35.1 Å². The second-order valence-corrected chi connectivity index (χ2v) is 12.8. The van der Waals surface area contributed by atoms with Crippen molar-refractivity contribution in [1.29, 1.82) is 0 Å². The van der Waals surface area contributed by atoms with Crippen molar-refractivity contribution in [2.24, 2.45) is 5.41 Å². The molecule has 3 atom stereocenters. The summed E-state index contributed by atoms with van der Waals surface area (Å²) in [6, 6.07) is 6.51. The van der Waals surface area contributed by atoms with Gasteiger partial charge >= 0.3 is 6.09 Å². The number of ether oxygens (including phenoxy) is 3. The topological polar surface area (TPSA) is 189 Å². The van der Waals surface area contributed by atoms with Crippen molar-refractivity contribution in [2.45, 2.75) is 58.8 Å². The number of nitrogens with zero attached hydrogens (tertiary/aromatic N) is 2. The number of carbonyl (C=O) groups is 4. The van der Waals surface area contributed by atoms with Crippen LogP contribution in [0.3, 0.4) is 0 Å². The van der Waals surface area contributed by atoms with Gasteiger partial charge in [0.2, 0.25) is 11.8 Å². The first-order valence-electron chi connectivity index (χ1n) is 15.1. The molecule has 2 heterocycles. The smallest absolute Gasteiger partial charge is 0.411 e. The highest BCUT2D eigenvalue weighted by atomic mass is 32.1. The minimum atomic E-state index is -1.44. The van der Waals surface area contributed by atoms with Crippen LogP contribution in [0, 0.1) is 12.3 Å². The molecule has 2 aromatic rings. The zero-order chi connectivity index (χ0) is 33.7. The van der Waals surface area contributed by atoms with E-state index in [1.54, 1.807) is 16.7 Å². The number of carboxylic acid groups (broad SMARTS) is 1. The van der Waals surface area contributed by atoms with E-state index in [4.69, 9.17) is 19.3 Å². The Labute approximate surface area is 272 Å². The Bertz CT molecular complexity index is 1300. The molecule has 5 N–H and O–H groups in total. The van der Waals surface area contributed by atoms with Gasteiger partial charge in [-0.1, -0.05) is 45.0 Å². The molecule has 1 saturated heterocycles. The van der Waals surface area contributed by atoms with Crippen molar-refractivity contribution >= 4 is 35.2 Å². The Balaban J connectivity index is 1.41. The number of benzene rings is 1. The van der Waals surface area contributed by atoms with Crippen LogP contribution in [0.15, 0.2) is 29.8 Å². The first-order chi connectivity index (χ1) is 21.9. The van der Waals surface area contributed by atoms with Gasteiger partial charge in [0.05, 0.1) is 61.3 Å². The molecule has 4 amide bonds. The molecule has 1 aromatic carbocycles. The highest BCUT2D eigenvalue weighted by Crippen LogP contribution is 2.28. The summed E-state index contributed by atoms with van der Waals surface area (Å²) in [5.41, 5.74) is 4.30. The predicted molar refractivity (Wildman–Crippen MR) is 170 cm³/mol. The van der Waals surface area contributed by atoms with Gasteiger partial charge in [0.1, 0.15) is 12.6 Å². The number of imide groups is 1. The van der Waals surface area contributed by atoms with E-state index < -0.39 is 35.6 Å². The third kappa shape index (κ3) is 11.7. The van der Waals surface area contributed by atoms with Crippen molar-refractivity contribution < 1.29 is 43.6 Å². The Morgan fingerprint density at radius 2 is 1.70 bits per heavy atom. The van der Waals surface area contributed by atoms with Gasteiger partial charge in [-0.05, 0) is 23.5 Å². The SMILES string of the molecule is Cc1ncsc1-c1ccc(CNC(=O)[C@@H]2C[C@@H](O)CN2C(=O)[C@@H](NCCOCCOCCOCC(=O)NC(=O)O)C(C)(C)C)cc1. The Kier molecular flexibility index (Phi) is 14.5. The van der Waals surface area contributed by atoms with Crippen LogP contribution in [0.5, 0.6) is 0 Å². The quantitative estimate of drug-likeness (QED) is 0.155. The molecule has 0 radical (unpaired) electrons. The van der Waals surface area contributed by atoms with Crippen molar-refractivity contribution in [3.05, 3.63) is 41.0 Å². The van der Waals surface area contributed by atoms with Gasteiger partial charge < -0.3 is 40.0 Å². The first-order valence-corrected chi connectivity index (χ1v) is 16.0. The van der Waals surface area contributed by atoms with Crippen LogP contribution in [0.25, 0.3) is 10.4 Å². The maximum atomic E-state index is 13.7. The maximum absolute atomic E-state index is 13.7. The summed E-state index contributed by atoms with van der Waals surface area (Å²) in [6.07, 6.45) is -2.06. The van der Waals surface area contributed by atoms with E-state index in [0.717, 1.165) is 21.7 Å². The van der Waals surface area contributed by atoms with E-state index in [1.807, 2.05) is 57.5 Å². The molecule has 0 bridgehead atoms. The van der Waals surface area contributed by atoms with Gasteiger partial charge in [-0.15, -0.1) is 11.3 Å². The number of thiazole rings is 1. The molecule has 1 aliphatic heterocycles. The number of carbonyl (C=O) groups excluding carboxylic acids is 3. The summed E-state index contributed by atoms with van der Waals surface area (Å²) in [4.78, 5) is 55.4. The molecular weight excluding hydrogens is 618 g/mol. The summed E-state index contributed by atoms with van der Waals surface area (Å²) in [7, 11) is 0. The molecule has 1 aliphatic rings. The number of nitrogens with one attached hydrogen (secondary N) is 3. The molecule has 0 unspecified atom stereocenters. The highest BCUT2D eigenvalue weighted by Gasteiger charge is 2.43. The van der Waals surface area contributed by atoms with Crippen LogP contribution in [-0.4, -0.2) is 115 Å². The van der Waals surface area contributed by atoms with Crippen LogP contribution >= 0.6 is 11.3 Å². The molecule has 1 fully saturated rings. The van der Waals surface area contributed by atoms with Crippen LogP contribution in [0.2, 0.25) is 0 Å². The van der Waals surface area contributed by atoms with Crippen molar-refractivity contribution in [1.82, 2.24) is 25.8 Å². The Morgan fingerprint density at radius 3 is 2.30 bits per heavy atom. The fraction of sp³-hybridized carbons (Fsp3) is 0.581. The molecule has 0 spiro atoms. The fourth-order valence-corrected chi connectivity index (χ4v) is 5.74. The standard InChI is InChI=1S/C31H45N5O9S/c1-20-26(46-19-34-20)22-7-5-21(6-8-22)16-33-28(39)24-15-23(37)17-36(24)29(40)27(31(2,3)4)32-9-10-43-11-12-44-13-14-45-18-25(38)35-30(41)42/h5-8,19,23-24,27,32,37H,9-18H2,1-4H3,(H,33,39)(H,35,38)(H,41,42)/t23-,24+,27-/m1/s1. The number of β-amino-alcohol motifs (C(OH)–C–C–N with tert-alkyl or cyclic N) is 1. The number of hydrogen-bond donors (Lipinski definition) is 5. The number of hydrogen-bond acceptors (Lipinski definition) is 11. The number of aromatic nitrogens is 1. The molecular formula is C31H45N5O9S. The number of amides is 4. The molecule has 254 valence electrons. The lowest BCUT2D eigenvalue weighted by atomic mass is 9.85. The van der Waals surface area contributed by atoms with Crippen LogP contribution < -0.4 is 16.0 Å². The minimum absolute atomic E-state index is 0.0792. The lowest BCUT2D eigenvalue weighted by Gasteiger charge is -2.35. The molecule has 46 heavy (non-hydrogen) atoms. The average Bonchev–Trinajstić information content (AvgIpc) is 3.60. The summed E-state index contributed by atoms with van der Waals surface area (Å²) in [5, 5.41) is 26.7. The second-order valence-electron chi connectivity index (χ2n) is 12.0. The summed E-state index contributed by atoms with van der Waals surface area (Å²) < 4.78 is 16.0. The number of aryl methyl sites for hydroxylation is 1. The average molecular weight is 664 g/mol. The molecule has 3 rings (SSSR count). The van der Waals surface area contributed by atoms with E-state index in [0.29, 0.717) is 26.3 Å². The van der Waals surface area contributed by atoms with Crippen molar-refractivity contribution in [3.8, 4) is 10.4 Å². The van der Waals surface area contributed by atoms with Crippen molar-refractivity contribution in [3.63, 3.8) is 0 Å². The molecule has 1 aromatic heterocycles. The normalized spacial score (nSPS) is 17.1. The van der Waals surface area contributed by atoms with Gasteiger partial charge in [-0.25, -0.2) is 9.78 Å². The summed E-state index contributed by atoms with van der Waals surface area (Å²) in [5.74, 6) is -1.32. The van der Waals surface area contributed by atoms with E-state index in [1.165, 1.54) is 4.90 Å². The van der Waals surface area contributed by atoms with Crippen molar-refractivity contribution in [2.75, 3.05) is 52.7 Å². The zero-order valence-electron chi connectivity index (χ0n) is 26.7. The third-order valence-corrected chi connectivity index (χ3v) is 8.20. The largest absolute Gasteiger partial charge is 0.465 e. The molecule has 14 nitrogen and oxygen atoms in total. The molecule has 0 aliphatic carbocycles. The first kappa shape index (κ1) is 37.0. The van der Waals surface area contributed by atoms with E-state index in [9.17, 15) is 24.3 Å². The monoisotopic (exact) mass is 663 g/mol. The van der Waals surface area contributed by atoms with Gasteiger partial charge in [0, 0.05) is 26.1 Å². The van der Waals surface area contributed by atoms with Gasteiger partial charge in [-0.2, -0.15) is 0 Å². The zero-order valence-corrected chi connectivity index (χ0v) is 27.6. The van der Waals surface area contributed by atoms with E-state index in [2.05, 4.69) is 15.6 Å². The van der Waals surface area contributed by atoms with E-state index >= 15 is 0 Å². The maximum Gasteiger partial charge on any atom is 0.411 e. The van der Waals surface area contributed by atoms with Gasteiger partial charge in [-0.3, -0.25) is 19.7 Å². The highest BCUT2D eigenvalue weighted by molar-refractivity contribution is 7.13. The van der Waals surface area contributed by atoms with Gasteiger partial charge in [0.25, 0.3) is 5.91 Å².